The molecular formula is C14H30N2. The van der Waals surface area contributed by atoms with Crippen LogP contribution in [0.2, 0.25) is 0 Å². The van der Waals surface area contributed by atoms with Crippen molar-refractivity contribution in [2.75, 3.05) is 19.6 Å². The highest BCUT2D eigenvalue weighted by atomic mass is 15.2. The van der Waals surface area contributed by atoms with Crippen molar-refractivity contribution in [2.24, 2.45) is 0 Å². The maximum atomic E-state index is 3.63. The molecule has 1 aliphatic heterocycles. The summed E-state index contributed by atoms with van der Waals surface area (Å²) in [4.78, 5) is 2.70. The van der Waals surface area contributed by atoms with Crippen LogP contribution in [0.15, 0.2) is 0 Å². The van der Waals surface area contributed by atoms with Crippen LogP contribution >= 0.6 is 0 Å². The average molecular weight is 226 g/mol. The van der Waals surface area contributed by atoms with Crippen molar-refractivity contribution in [1.82, 2.24) is 10.2 Å². The summed E-state index contributed by atoms with van der Waals surface area (Å²) in [6.07, 6.45) is 8.26. The number of rotatable bonds is 6. The Hall–Kier alpha value is -0.0800. The molecule has 0 amide bonds. The highest BCUT2D eigenvalue weighted by Crippen LogP contribution is 2.17. The van der Waals surface area contributed by atoms with E-state index in [1.807, 2.05) is 0 Å². The third-order valence-electron chi connectivity index (χ3n) is 3.78. The molecule has 2 nitrogen and oxygen atoms in total. The fourth-order valence-electron chi connectivity index (χ4n) is 2.78. The molecule has 0 spiro atoms. The van der Waals surface area contributed by atoms with Crippen LogP contribution in [-0.2, 0) is 0 Å². The molecule has 0 aliphatic carbocycles. The van der Waals surface area contributed by atoms with Crippen molar-refractivity contribution in [3.63, 3.8) is 0 Å². The van der Waals surface area contributed by atoms with Crippen molar-refractivity contribution in [1.29, 1.82) is 0 Å². The first-order valence-electron chi connectivity index (χ1n) is 7.25. The molecule has 0 radical (unpaired) electrons. The van der Waals surface area contributed by atoms with Crippen molar-refractivity contribution >= 4 is 0 Å². The van der Waals surface area contributed by atoms with Crippen LogP contribution in [0.25, 0.3) is 0 Å². The van der Waals surface area contributed by atoms with E-state index in [1.54, 1.807) is 0 Å². The van der Waals surface area contributed by atoms with E-state index >= 15 is 0 Å². The fourth-order valence-corrected chi connectivity index (χ4v) is 2.78. The predicted octanol–water partition coefficient (Wildman–Crippen LogP) is 3.03. The SMILES string of the molecule is CCCC(CN1CCCCCC1C)NCC. The van der Waals surface area contributed by atoms with Crippen LogP contribution in [0.4, 0.5) is 0 Å². The van der Waals surface area contributed by atoms with E-state index in [0.29, 0.717) is 6.04 Å². The van der Waals surface area contributed by atoms with Crippen molar-refractivity contribution in [3.05, 3.63) is 0 Å². The van der Waals surface area contributed by atoms with Gasteiger partial charge in [-0.3, -0.25) is 4.90 Å². The zero-order valence-corrected chi connectivity index (χ0v) is 11.5. The van der Waals surface area contributed by atoms with Crippen LogP contribution < -0.4 is 5.32 Å². The fraction of sp³-hybridized carbons (Fsp3) is 1.00. The molecular weight excluding hydrogens is 196 g/mol. The third kappa shape index (κ3) is 4.84. The van der Waals surface area contributed by atoms with Gasteiger partial charge in [0.2, 0.25) is 0 Å². The molecule has 1 rings (SSSR count). The van der Waals surface area contributed by atoms with Gasteiger partial charge in [0.25, 0.3) is 0 Å². The van der Waals surface area contributed by atoms with Crippen LogP contribution in [0.3, 0.4) is 0 Å². The van der Waals surface area contributed by atoms with E-state index < -0.39 is 0 Å². The summed E-state index contributed by atoms with van der Waals surface area (Å²) in [5.41, 5.74) is 0. The third-order valence-corrected chi connectivity index (χ3v) is 3.78. The molecule has 2 heteroatoms. The Balaban J connectivity index is 2.40. The Morgan fingerprint density at radius 2 is 2.06 bits per heavy atom. The molecule has 0 aromatic carbocycles. The van der Waals surface area contributed by atoms with Gasteiger partial charge in [0.1, 0.15) is 0 Å². The minimum atomic E-state index is 0.704. The number of nitrogens with one attached hydrogen (secondary N) is 1. The molecule has 0 aromatic rings. The van der Waals surface area contributed by atoms with Crippen molar-refractivity contribution in [3.8, 4) is 0 Å². The Bertz CT molecular complexity index is 164. The van der Waals surface area contributed by atoms with Gasteiger partial charge < -0.3 is 5.32 Å². The number of hydrogen-bond donors (Lipinski definition) is 1. The van der Waals surface area contributed by atoms with Crippen molar-refractivity contribution < 1.29 is 0 Å². The summed E-state index contributed by atoms with van der Waals surface area (Å²) >= 11 is 0. The monoisotopic (exact) mass is 226 g/mol. The minimum absolute atomic E-state index is 0.704. The van der Waals surface area contributed by atoms with Gasteiger partial charge >= 0.3 is 0 Å². The number of hydrogen-bond acceptors (Lipinski definition) is 2. The highest BCUT2D eigenvalue weighted by Gasteiger charge is 2.19. The maximum Gasteiger partial charge on any atom is 0.0194 e. The molecule has 0 bridgehead atoms. The van der Waals surface area contributed by atoms with Gasteiger partial charge in [0.15, 0.2) is 0 Å². The topological polar surface area (TPSA) is 15.3 Å². The summed E-state index contributed by atoms with van der Waals surface area (Å²) in [5.74, 6) is 0. The van der Waals surface area contributed by atoms with Crippen LogP contribution in [-0.4, -0.2) is 36.6 Å². The maximum absolute atomic E-state index is 3.63. The summed E-state index contributed by atoms with van der Waals surface area (Å²) in [6, 6.07) is 1.50. The zero-order chi connectivity index (χ0) is 11.8. The molecule has 96 valence electrons. The summed E-state index contributed by atoms with van der Waals surface area (Å²) in [6.45, 7) is 10.6. The molecule has 1 aliphatic rings. The number of likely N-dealkylation sites (N-methyl/N-ethyl adjacent to an activating group) is 1. The Kier molecular flexibility index (Phi) is 7.06. The second-order valence-electron chi connectivity index (χ2n) is 5.24. The largest absolute Gasteiger partial charge is 0.313 e. The zero-order valence-electron chi connectivity index (χ0n) is 11.5. The molecule has 2 atom stereocenters. The van der Waals surface area contributed by atoms with E-state index in [2.05, 4.69) is 31.0 Å². The number of nitrogens with zero attached hydrogens (tertiary/aromatic N) is 1. The van der Waals surface area contributed by atoms with Gasteiger partial charge in [-0.1, -0.05) is 33.1 Å². The van der Waals surface area contributed by atoms with Crippen molar-refractivity contribution in [2.45, 2.75) is 71.4 Å². The second-order valence-corrected chi connectivity index (χ2v) is 5.24. The van der Waals surface area contributed by atoms with Gasteiger partial charge in [0, 0.05) is 18.6 Å². The Morgan fingerprint density at radius 1 is 1.25 bits per heavy atom. The Labute approximate surface area is 102 Å². The standard InChI is InChI=1S/C14H30N2/c1-4-9-14(15-5-2)12-16-11-8-6-7-10-13(16)3/h13-15H,4-12H2,1-3H3. The smallest absolute Gasteiger partial charge is 0.0194 e. The lowest BCUT2D eigenvalue weighted by atomic mass is 10.1. The quantitative estimate of drug-likeness (QED) is 0.749. The summed E-state index contributed by atoms with van der Waals surface area (Å²) in [5, 5.41) is 3.63. The first-order valence-corrected chi connectivity index (χ1v) is 7.25. The van der Waals surface area contributed by atoms with Gasteiger partial charge in [-0.05, 0) is 39.3 Å². The Morgan fingerprint density at radius 3 is 2.75 bits per heavy atom. The van der Waals surface area contributed by atoms with E-state index in [-0.39, 0.29) is 0 Å². The lowest BCUT2D eigenvalue weighted by molar-refractivity contribution is 0.187. The minimum Gasteiger partial charge on any atom is -0.313 e. The molecule has 1 N–H and O–H groups in total. The normalized spacial score (nSPS) is 25.3. The molecule has 0 saturated carbocycles. The molecule has 1 saturated heterocycles. The van der Waals surface area contributed by atoms with Gasteiger partial charge in [0.05, 0.1) is 0 Å². The van der Waals surface area contributed by atoms with Gasteiger partial charge in [-0.25, -0.2) is 0 Å². The first kappa shape index (κ1) is 14.0. The van der Waals surface area contributed by atoms with E-state index in [9.17, 15) is 0 Å². The van der Waals surface area contributed by atoms with E-state index in [4.69, 9.17) is 0 Å². The predicted molar refractivity (Wildman–Crippen MR) is 71.9 cm³/mol. The number of likely N-dealkylation sites (tertiary alicyclic amines) is 1. The molecule has 1 heterocycles. The molecule has 1 fully saturated rings. The second kappa shape index (κ2) is 8.08. The van der Waals surface area contributed by atoms with Crippen LogP contribution in [0.5, 0.6) is 0 Å². The first-order chi connectivity index (χ1) is 7.77. The summed E-state index contributed by atoms with van der Waals surface area (Å²) in [7, 11) is 0. The highest BCUT2D eigenvalue weighted by molar-refractivity contribution is 4.77. The van der Waals surface area contributed by atoms with Crippen LogP contribution in [0.1, 0.15) is 59.3 Å². The molecule has 16 heavy (non-hydrogen) atoms. The van der Waals surface area contributed by atoms with Crippen LogP contribution in [0, 0.1) is 0 Å². The van der Waals surface area contributed by atoms with Gasteiger partial charge in [-0.15, -0.1) is 0 Å². The summed E-state index contributed by atoms with van der Waals surface area (Å²) < 4.78 is 0. The van der Waals surface area contributed by atoms with E-state index in [0.717, 1.165) is 12.6 Å². The lowest BCUT2D eigenvalue weighted by Gasteiger charge is -2.31. The van der Waals surface area contributed by atoms with Gasteiger partial charge in [-0.2, -0.15) is 0 Å². The van der Waals surface area contributed by atoms with E-state index in [1.165, 1.54) is 51.6 Å². The molecule has 0 aromatic heterocycles. The molecule has 2 unspecified atom stereocenters. The lowest BCUT2D eigenvalue weighted by Crippen LogP contribution is -2.44. The average Bonchev–Trinajstić information content (AvgIpc) is 2.45.